The zero-order valence-electron chi connectivity index (χ0n) is 7.87. The van der Waals surface area contributed by atoms with Crippen molar-refractivity contribution in [3.8, 4) is 11.3 Å². The lowest BCUT2D eigenvalue weighted by molar-refractivity contribution is 0.631. The Balaban J connectivity index is 2.55. The molecule has 0 unspecified atom stereocenters. The van der Waals surface area contributed by atoms with Crippen molar-refractivity contribution in [1.82, 2.24) is 4.98 Å². The molecule has 1 nitrogen and oxygen atoms in total. The first-order valence-electron chi connectivity index (χ1n) is 4.45. The largest absolute Gasteiger partial charge is 0.256 e. The van der Waals surface area contributed by atoms with Gasteiger partial charge in [0.25, 0.3) is 0 Å². The van der Waals surface area contributed by atoms with Crippen LogP contribution in [-0.4, -0.2) is 12.8 Å². The Labute approximate surface area is 83.0 Å². The summed E-state index contributed by atoms with van der Waals surface area (Å²) in [6.07, 6.45) is 1.69. The van der Waals surface area contributed by atoms with Crippen LogP contribution in [0.2, 0.25) is 0 Å². The fraction of sp³-hybridized carbons (Fsp3) is 0. The lowest BCUT2D eigenvalue weighted by atomic mass is 9.95. The summed E-state index contributed by atoms with van der Waals surface area (Å²) in [5.74, 6) is -0.231. The average Bonchev–Trinajstić information content (AvgIpc) is 2.18. The molecule has 0 aliphatic rings. The number of pyridine rings is 1. The maximum Gasteiger partial charge on any atom is 0.139 e. The summed E-state index contributed by atoms with van der Waals surface area (Å²) in [5, 5.41) is 0. The summed E-state index contributed by atoms with van der Waals surface area (Å²) in [6, 6.07) is 10.4. The smallest absolute Gasteiger partial charge is 0.139 e. The third-order valence-electron chi connectivity index (χ3n) is 2.07. The van der Waals surface area contributed by atoms with Crippen molar-refractivity contribution >= 4 is 13.3 Å². The van der Waals surface area contributed by atoms with Crippen LogP contribution in [0.3, 0.4) is 0 Å². The quantitative estimate of drug-likeness (QED) is 0.607. The van der Waals surface area contributed by atoms with Gasteiger partial charge in [0.05, 0.1) is 5.69 Å². The Kier molecular flexibility index (Phi) is 2.31. The van der Waals surface area contributed by atoms with Crippen molar-refractivity contribution < 1.29 is 4.39 Å². The van der Waals surface area contributed by atoms with E-state index in [0.717, 1.165) is 5.46 Å². The number of hydrogen-bond donors (Lipinski definition) is 0. The van der Waals surface area contributed by atoms with Gasteiger partial charge in [-0.25, -0.2) is 4.39 Å². The second-order valence-corrected chi connectivity index (χ2v) is 3.20. The molecule has 3 heteroatoms. The monoisotopic (exact) mass is 185 g/mol. The summed E-state index contributed by atoms with van der Waals surface area (Å²) in [6.45, 7) is 0. The number of nitrogens with zero attached hydrogens (tertiary/aromatic N) is 1. The van der Waals surface area contributed by atoms with Crippen LogP contribution in [0.1, 0.15) is 0 Å². The summed E-state index contributed by atoms with van der Waals surface area (Å²) >= 11 is 0. The van der Waals surface area contributed by atoms with Gasteiger partial charge in [0.2, 0.25) is 0 Å². The summed E-state index contributed by atoms with van der Waals surface area (Å²) in [4.78, 5) is 4.13. The Bertz CT molecular complexity index is 457. The van der Waals surface area contributed by atoms with Crippen LogP contribution in [0.25, 0.3) is 11.3 Å². The predicted molar refractivity (Wildman–Crippen MR) is 57.8 cm³/mol. The maximum atomic E-state index is 13.4. The first-order valence-corrected chi connectivity index (χ1v) is 4.45. The highest BCUT2D eigenvalue weighted by atomic mass is 19.1. The van der Waals surface area contributed by atoms with E-state index in [1.807, 2.05) is 26.0 Å². The Morgan fingerprint density at radius 3 is 2.64 bits per heavy atom. The number of halogens is 1. The molecular weight excluding hydrogens is 176 g/mol. The van der Waals surface area contributed by atoms with Gasteiger partial charge in [-0.1, -0.05) is 23.7 Å². The third kappa shape index (κ3) is 1.67. The maximum absolute atomic E-state index is 13.4. The predicted octanol–water partition coefficient (Wildman–Crippen LogP) is 1.15. The van der Waals surface area contributed by atoms with Gasteiger partial charge < -0.3 is 0 Å². The minimum atomic E-state index is -0.231. The second-order valence-electron chi connectivity index (χ2n) is 3.20. The van der Waals surface area contributed by atoms with Gasteiger partial charge in [-0.15, -0.1) is 0 Å². The van der Waals surface area contributed by atoms with Gasteiger partial charge in [0.1, 0.15) is 13.7 Å². The number of benzene rings is 1. The summed E-state index contributed by atoms with van der Waals surface area (Å²) in [5.41, 5.74) is 2.32. The molecule has 0 radical (unpaired) electrons. The molecule has 0 fully saturated rings. The molecule has 2 rings (SSSR count). The molecule has 0 aliphatic carbocycles. The topological polar surface area (TPSA) is 12.9 Å². The van der Waals surface area contributed by atoms with Gasteiger partial charge in [-0.05, 0) is 18.2 Å². The van der Waals surface area contributed by atoms with Crippen molar-refractivity contribution in [1.29, 1.82) is 0 Å². The van der Waals surface area contributed by atoms with Crippen LogP contribution in [0, 0.1) is 5.82 Å². The number of hydrogen-bond acceptors (Lipinski definition) is 1. The van der Waals surface area contributed by atoms with Crippen LogP contribution < -0.4 is 5.46 Å². The van der Waals surface area contributed by atoms with Gasteiger partial charge in [-0.3, -0.25) is 4.98 Å². The highest BCUT2D eigenvalue weighted by Crippen LogP contribution is 2.18. The second kappa shape index (κ2) is 3.62. The van der Waals surface area contributed by atoms with Gasteiger partial charge >= 0.3 is 0 Å². The SMILES string of the molecule is Bc1ccnc(-c2ccccc2F)c1. The molecule has 0 N–H and O–H groups in total. The normalized spacial score (nSPS) is 10.1. The molecule has 68 valence electrons. The highest BCUT2D eigenvalue weighted by molar-refractivity contribution is 6.32. The molecule has 1 heterocycles. The molecule has 0 aliphatic heterocycles. The molecule has 14 heavy (non-hydrogen) atoms. The fourth-order valence-electron chi connectivity index (χ4n) is 1.35. The molecule has 0 saturated carbocycles. The van der Waals surface area contributed by atoms with Crippen molar-refractivity contribution in [2.45, 2.75) is 0 Å². The molecule has 0 atom stereocenters. The molecule has 1 aromatic carbocycles. The van der Waals surface area contributed by atoms with Crippen molar-refractivity contribution in [3.05, 3.63) is 48.4 Å². The lowest BCUT2D eigenvalue weighted by Crippen LogP contribution is -2.02. The zero-order chi connectivity index (χ0) is 9.97. The summed E-state index contributed by atoms with van der Waals surface area (Å²) < 4.78 is 13.4. The van der Waals surface area contributed by atoms with Crippen LogP contribution in [0.4, 0.5) is 4.39 Å². The minimum absolute atomic E-state index is 0.231. The van der Waals surface area contributed by atoms with E-state index in [1.54, 1.807) is 18.3 Å². The standard InChI is InChI=1S/C11H9BFN/c12-8-5-6-14-11(7-8)9-3-1-2-4-10(9)13/h1-7H,12H2. The van der Waals surface area contributed by atoms with E-state index in [2.05, 4.69) is 4.98 Å². The van der Waals surface area contributed by atoms with E-state index in [9.17, 15) is 4.39 Å². The minimum Gasteiger partial charge on any atom is -0.256 e. The van der Waals surface area contributed by atoms with Crippen molar-refractivity contribution in [3.63, 3.8) is 0 Å². The van der Waals surface area contributed by atoms with E-state index in [0.29, 0.717) is 11.3 Å². The van der Waals surface area contributed by atoms with Crippen LogP contribution >= 0.6 is 0 Å². The van der Waals surface area contributed by atoms with Gasteiger partial charge in [0, 0.05) is 11.8 Å². The van der Waals surface area contributed by atoms with Crippen LogP contribution in [-0.2, 0) is 0 Å². The molecule has 0 saturated heterocycles. The van der Waals surface area contributed by atoms with E-state index in [-0.39, 0.29) is 5.82 Å². The average molecular weight is 185 g/mol. The molecule has 0 spiro atoms. The van der Waals surface area contributed by atoms with Crippen molar-refractivity contribution in [2.24, 2.45) is 0 Å². The van der Waals surface area contributed by atoms with Gasteiger partial charge in [-0.2, -0.15) is 0 Å². The molecule has 0 bridgehead atoms. The molecule has 0 amide bonds. The lowest BCUT2D eigenvalue weighted by Gasteiger charge is -2.02. The first-order chi connectivity index (χ1) is 6.77. The third-order valence-corrected chi connectivity index (χ3v) is 2.07. The highest BCUT2D eigenvalue weighted by Gasteiger charge is 2.04. The van der Waals surface area contributed by atoms with Gasteiger partial charge in [0.15, 0.2) is 0 Å². The molecular formula is C11H9BFN. The first kappa shape index (κ1) is 8.94. The number of rotatable bonds is 1. The zero-order valence-corrected chi connectivity index (χ0v) is 7.87. The Morgan fingerprint density at radius 2 is 1.93 bits per heavy atom. The van der Waals surface area contributed by atoms with Crippen molar-refractivity contribution in [2.75, 3.05) is 0 Å². The van der Waals surface area contributed by atoms with Crippen LogP contribution in [0.15, 0.2) is 42.6 Å². The molecule has 1 aromatic heterocycles. The number of aromatic nitrogens is 1. The Morgan fingerprint density at radius 1 is 1.14 bits per heavy atom. The van der Waals surface area contributed by atoms with E-state index in [4.69, 9.17) is 0 Å². The summed E-state index contributed by atoms with van der Waals surface area (Å²) in [7, 11) is 1.96. The molecule has 2 aromatic rings. The van der Waals surface area contributed by atoms with E-state index in [1.165, 1.54) is 6.07 Å². The fourth-order valence-corrected chi connectivity index (χ4v) is 1.35. The van der Waals surface area contributed by atoms with E-state index < -0.39 is 0 Å². The van der Waals surface area contributed by atoms with Crippen LogP contribution in [0.5, 0.6) is 0 Å². The van der Waals surface area contributed by atoms with E-state index >= 15 is 0 Å². The Hall–Kier alpha value is -1.64.